The first-order valence-corrected chi connectivity index (χ1v) is 8.53. The number of nitrogens with two attached hydrogens (primary N) is 1. The molecule has 23 heavy (non-hydrogen) atoms. The lowest BCUT2D eigenvalue weighted by Crippen LogP contribution is -2.14. The molecular formula is C16H20N4O2S. The van der Waals surface area contributed by atoms with E-state index in [1.54, 1.807) is 6.92 Å². The van der Waals surface area contributed by atoms with E-state index in [1.807, 2.05) is 30.5 Å². The Labute approximate surface area is 139 Å². The highest BCUT2D eigenvalue weighted by atomic mass is 32.2. The molecule has 6 nitrogen and oxygen atoms in total. The summed E-state index contributed by atoms with van der Waals surface area (Å²) in [7, 11) is 0. The van der Waals surface area contributed by atoms with Crippen LogP contribution >= 0.6 is 11.8 Å². The molecule has 0 fully saturated rings. The van der Waals surface area contributed by atoms with Crippen molar-refractivity contribution in [1.82, 2.24) is 9.97 Å². The maximum absolute atomic E-state index is 12.0. The molecule has 0 radical (unpaired) electrons. The average Bonchev–Trinajstić information content (AvgIpc) is 2.56. The lowest BCUT2D eigenvalue weighted by molar-refractivity contribution is 0.0526. The zero-order valence-corrected chi connectivity index (χ0v) is 14.0. The molecule has 3 N–H and O–H groups in total. The summed E-state index contributed by atoms with van der Waals surface area (Å²) >= 11 is 1.42. The van der Waals surface area contributed by atoms with E-state index in [9.17, 15) is 4.79 Å². The van der Waals surface area contributed by atoms with Gasteiger partial charge in [0.2, 0.25) is 0 Å². The first kappa shape index (κ1) is 17.1. The minimum absolute atomic E-state index is 0.313. The van der Waals surface area contributed by atoms with Crippen molar-refractivity contribution in [3.05, 3.63) is 41.6 Å². The molecule has 0 spiro atoms. The monoisotopic (exact) mass is 332 g/mol. The Balaban J connectivity index is 2.07. The van der Waals surface area contributed by atoms with Crippen molar-refractivity contribution in [2.45, 2.75) is 18.5 Å². The normalized spacial score (nSPS) is 10.3. The van der Waals surface area contributed by atoms with Gasteiger partial charge in [0.1, 0.15) is 11.4 Å². The predicted molar refractivity (Wildman–Crippen MR) is 92.8 cm³/mol. The number of esters is 1. The summed E-state index contributed by atoms with van der Waals surface area (Å²) < 4.78 is 5.04. The van der Waals surface area contributed by atoms with Gasteiger partial charge in [-0.15, -0.1) is 0 Å². The van der Waals surface area contributed by atoms with Crippen LogP contribution < -0.4 is 11.1 Å². The number of hydrogen-bond donors (Lipinski definition) is 2. The van der Waals surface area contributed by atoms with Crippen LogP contribution in [0.15, 0.2) is 35.6 Å². The van der Waals surface area contributed by atoms with Crippen LogP contribution in [-0.4, -0.2) is 35.3 Å². The Bertz CT molecular complexity index is 662. The Morgan fingerprint density at radius 2 is 2.09 bits per heavy atom. The molecule has 0 aliphatic carbocycles. The molecule has 1 heterocycles. The fraction of sp³-hybridized carbons (Fsp3) is 0.312. The van der Waals surface area contributed by atoms with Gasteiger partial charge in [-0.25, -0.2) is 14.8 Å². The molecule has 7 heteroatoms. The number of thioether (sulfide) groups is 1. The summed E-state index contributed by atoms with van der Waals surface area (Å²) in [6.07, 6.45) is 4.18. The van der Waals surface area contributed by atoms with Crippen molar-refractivity contribution in [2.75, 3.05) is 30.5 Å². The largest absolute Gasteiger partial charge is 0.462 e. The van der Waals surface area contributed by atoms with Crippen molar-refractivity contribution in [2.24, 2.45) is 0 Å². The summed E-state index contributed by atoms with van der Waals surface area (Å²) in [4.78, 5) is 20.5. The van der Waals surface area contributed by atoms with Crippen LogP contribution in [0, 0.1) is 0 Å². The third kappa shape index (κ3) is 4.85. The van der Waals surface area contributed by atoms with Crippen LogP contribution in [0.25, 0.3) is 0 Å². The summed E-state index contributed by atoms with van der Waals surface area (Å²) in [5.41, 5.74) is 7.92. The zero-order chi connectivity index (χ0) is 16.7. The fourth-order valence-electron chi connectivity index (χ4n) is 1.97. The summed E-state index contributed by atoms with van der Waals surface area (Å²) in [6, 6.07) is 7.71. The Morgan fingerprint density at radius 1 is 1.35 bits per heavy atom. The van der Waals surface area contributed by atoms with Gasteiger partial charge in [0.15, 0.2) is 5.16 Å². The van der Waals surface area contributed by atoms with Crippen LogP contribution in [-0.2, 0) is 11.2 Å². The number of carbonyl (C=O) groups excluding carboxylic acids is 1. The molecule has 0 aliphatic heterocycles. The van der Waals surface area contributed by atoms with Gasteiger partial charge >= 0.3 is 5.97 Å². The van der Waals surface area contributed by atoms with Crippen molar-refractivity contribution in [1.29, 1.82) is 0 Å². The lowest BCUT2D eigenvalue weighted by atomic mass is 10.1. The van der Waals surface area contributed by atoms with Crippen molar-refractivity contribution >= 4 is 29.2 Å². The van der Waals surface area contributed by atoms with Gasteiger partial charge in [0.05, 0.1) is 6.61 Å². The number of nitrogens with zero attached hydrogens (tertiary/aromatic N) is 2. The number of anilines is 2. The summed E-state index contributed by atoms with van der Waals surface area (Å²) in [6.45, 7) is 2.72. The van der Waals surface area contributed by atoms with Gasteiger partial charge in [-0.05, 0) is 37.3 Å². The van der Waals surface area contributed by atoms with E-state index in [2.05, 4.69) is 15.3 Å². The third-order valence-corrected chi connectivity index (χ3v) is 3.69. The predicted octanol–water partition coefficient (Wildman–Crippen LogP) is 2.61. The van der Waals surface area contributed by atoms with Crippen molar-refractivity contribution in [3.8, 4) is 0 Å². The Kier molecular flexibility index (Phi) is 6.22. The molecule has 0 saturated heterocycles. The third-order valence-electron chi connectivity index (χ3n) is 3.13. The van der Waals surface area contributed by atoms with E-state index >= 15 is 0 Å². The second kappa shape index (κ2) is 8.38. The minimum atomic E-state index is -0.421. The van der Waals surface area contributed by atoms with Crippen LogP contribution in [0.1, 0.15) is 22.8 Å². The first-order valence-electron chi connectivity index (χ1n) is 7.30. The second-order valence-electron chi connectivity index (χ2n) is 4.76. The molecule has 0 atom stereocenters. The number of benzene rings is 1. The highest BCUT2D eigenvalue weighted by Crippen LogP contribution is 2.18. The fourth-order valence-corrected chi connectivity index (χ4v) is 2.31. The van der Waals surface area contributed by atoms with E-state index in [0.717, 1.165) is 17.7 Å². The topological polar surface area (TPSA) is 90.1 Å². The van der Waals surface area contributed by atoms with E-state index in [0.29, 0.717) is 29.7 Å². The molecule has 2 aromatic rings. The van der Waals surface area contributed by atoms with Crippen LogP contribution in [0.4, 0.5) is 11.5 Å². The minimum Gasteiger partial charge on any atom is -0.462 e. The molecular weight excluding hydrogens is 312 g/mol. The molecule has 0 unspecified atom stereocenters. The summed E-state index contributed by atoms with van der Waals surface area (Å²) in [5.74, 6) is 0.0772. The van der Waals surface area contributed by atoms with E-state index in [4.69, 9.17) is 10.5 Å². The SMILES string of the molecule is CCOC(=O)c1cnc(SC)nc1NCCc1ccc(N)cc1. The first-order chi connectivity index (χ1) is 11.1. The van der Waals surface area contributed by atoms with Crippen molar-refractivity contribution in [3.63, 3.8) is 0 Å². The lowest BCUT2D eigenvalue weighted by Gasteiger charge is -2.11. The number of rotatable bonds is 7. The number of aromatic nitrogens is 2. The molecule has 0 amide bonds. The summed E-state index contributed by atoms with van der Waals surface area (Å²) in [5, 5.41) is 3.80. The number of nitrogen functional groups attached to an aromatic ring is 1. The van der Waals surface area contributed by atoms with Crippen LogP contribution in [0.3, 0.4) is 0 Å². The van der Waals surface area contributed by atoms with Gasteiger partial charge in [0.25, 0.3) is 0 Å². The van der Waals surface area contributed by atoms with Gasteiger partial charge in [-0.1, -0.05) is 23.9 Å². The zero-order valence-electron chi connectivity index (χ0n) is 13.2. The average molecular weight is 332 g/mol. The molecule has 122 valence electrons. The quantitative estimate of drug-likeness (QED) is 0.348. The van der Waals surface area contributed by atoms with Gasteiger partial charge in [0, 0.05) is 18.4 Å². The van der Waals surface area contributed by atoms with Crippen LogP contribution in [0.2, 0.25) is 0 Å². The molecule has 0 aliphatic rings. The van der Waals surface area contributed by atoms with Crippen molar-refractivity contribution < 1.29 is 9.53 Å². The van der Waals surface area contributed by atoms with Gasteiger partial charge in [-0.2, -0.15) is 0 Å². The van der Waals surface area contributed by atoms with Gasteiger partial charge in [-0.3, -0.25) is 0 Å². The highest BCUT2D eigenvalue weighted by Gasteiger charge is 2.15. The maximum atomic E-state index is 12.0. The van der Waals surface area contributed by atoms with Gasteiger partial charge < -0.3 is 15.8 Å². The molecule has 1 aromatic heterocycles. The molecule has 0 saturated carbocycles. The smallest absolute Gasteiger partial charge is 0.343 e. The van der Waals surface area contributed by atoms with E-state index < -0.39 is 5.97 Å². The number of ether oxygens (including phenoxy) is 1. The Morgan fingerprint density at radius 3 is 2.74 bits per heavy atom. The molecule has 2 rings (SSSR count). The molecule has 1 aromatic carbocycles. The molecule has 0 bridgehead atoms. The number of nitrogens with one attached hydrogen (secondary N) is 1. The standard InChI is InChI=1S/C16H20N4O2S/c1-3-22-15(21)13-10-19-16(23-2)20-14(13)18-9-8-11-4-6-12(17)7-5-11/h4-7,10H,3,8-9,17H2,1-2H3,(H,18,19,20). The number of carbonyl (C=O) groups is 1. The van der Waals surface area contributed by atoms with E-state index in [1.165, 1.54) is 18.0 Å². The number of hydrogen-bond acceptors (Lipinski definition) is 7. The second-order valence-corrected chi connectivity index (χ2v) is 5.53. The highest BCUT2D eigenvalue weighted by molar-refractivity contribution is 7.98. The van der Waals surface area contributed by atoms with Crippen LogP contribution in [0.5, 0.6) is 0 Å². The Hall–Kier alpha value is -2.28. The van der Waals surface area contributed by atoms with E-state index in [-0.39, 0.29) is 0 Å². The maximum Gasteiger partial charge on any atom is 0.343 e.